The standard InChI is InChI=1S/C25H31N5O5/c1-4-35-25(33)17-8-12-28(13-9-17)23(31)18-15-19-22(29(20(18)26)11-6-14-34-3)27-21-16(2)7-5-10-30(21)24(19)32/h5,7,10,15,17,26H,4,6,8-9,11-14H2,1-3H3. The molecule has 4 rings (SSSR count). The van der Waals surface area contributed by atoms with Gasteiger partial charge in [0.1, 0.15) is 16.8 Å². The minimum atomic E-state index is -0.326. The van der Waals surface area contributed by atoms with E-state index in [9.17, 15) is 14.4 Å². The summed E-state index contributed by atoms with van der Waals surface area (Å²) in [5.74, 6) is -0.786. The van der Waals surface area contributed by atoms with Crippen molar-refractivity contribution >= 4 is 28.6 Å². The summed E-state index contributed by atoms with van der Waals surface area (Å²) in [5.41, 5.74) is 1.61. The number of nitrogens with zero attached hydrogens (tertiary/aromatic N) is 4. The average molecular weight is 482 g/mol. The van der Waals surface area contributed by atoms with Gasteiger partial charge in [0.2, 0.25) is 0 Å². The van der Waals surface area contributed by atoms with Gasteiger partial charge in [0, 0.05) is 39.5 Å². The molecule has 0 saturated carbocycles. The van der Waals surface area contributed by atoms with Gasteiger partial charge in [0.15, 0.2) is 0 Å². The van der Waals surface area contributed by atoms with Gasteiger partial charge in [-0.1, -0.05) is 6.07 Å². The highest BCUT2D eigenvalue weighted by Crippen LogP contribution is 2.21. The fraction of sp³-hybridized carbons (Fsp3) is 0.480. The lowest BCUT2D eigenvalue weighted by atomic mass is 9.96. The molecule has 4 heterocycles. The third kappa shape index (κ3) is 4.70. The van der Waals surface area contributed by atoms with Gasteiger partial charge in [0.25, 0.3) is 11.5 Å². The molecule has 0 aliphatic carbocycles. The summed E-state index contributed by atoms with van der Waals surface area (Å²) in [6, 6.07) is 5.15. The number of esters is 1. The topological polar surface area (TPSA) is 119 Å². The third-order valence-electron chi connectivity index (χ3n) is 6.50. The summed E-state index contributed by atoms with van der Waals surface area (Å²) >= 11 is 0. The van der Waals surface area contributed by atoms with Crippen LogP contribution in [0.4, 0.5) is 0 Å². The average Bonchev–Trinajstić information content (AvgIpc) is 2.86. The monoisotopic (exact) mass is 481 g/mol. The summed E-state index contributed by atoms with van der Waals surface area (Å²) in [5, 5.41) is 9.14. The number of methoxy groups -OCH3 is 1. The number of piperidine rings is 1. The second-order valence-corrected chi connectivity index (χ2v) is 8.76. The number of likely N-dealkylation sites (tertiary alicyclic amines) is 1. The Balaban J connectivity index is 1.77. The maximum Gasteiger partial charge on any atom is 0.309 e. The van der Waals surface area contributed by atoms with Gasteiger partial charge in [-0.3, -0.25) is 24.2 Å². The van der Waals surface area contributed by atoms with Gasteiger partial charge in [0.05, 0.1) is 23.5 Å². The lowest BCUT2D eigenvalue weighted by molar-refractivity contribution is -0.149. The third-order valence-corrected chi connectivity index (χ3v) is 6.50. The number of carbonyl (C=O) groups is 2. The quantitative estimate of drug-likeness (QED) is 0.313. The maximum atomic E-state index is 13.5. The first-order valence-corrected chi connectivity index (χ1v) is 11.9. The summed E-state index contributed by atoms with van der Waals surface area (Å²) in [6.45, 7) is 5.61. The van der Waals surface area contributed by atoms with Gasteiger partial charge in [-0.2, -0.15) is 0 Å². The minimum absolute atomic E-state index is 0.0101. The Labute approximate surface area is 202 Å². The molecule has 3 aromatic heterocycles. The normalized spacial score (nSPS) is 14.5. The van der Waals surface area contributed by atoms with Crippen LogP contribution in [0.1, 0.15) is 42.1 Å². The number of amides is 1. The SMILES string of the molecule is CCOC(=O)C1CCN(C(=O)c2cc3c(=O)n4cccc(C)c4nc3n(CCCOC)c2=N)CC1. The fourth-order valence-electron chi connectivity index (χ4n) is 4.59. The lowest BCUT2D eigenvalue weighted by Crippen LogP contribution is -2.43. The molecule has 186 valence electrons. The molecule has 0 unspecified atom stereocenters. The Morgan fingerprint density at radius 2 is 1.97 bits per heavy atom. The molecule has 10 nitrogen and oxygen atoms in total. The van der Waals surface area contributed by atoms with Gasteiger partial charge < -0.3 is 18.9 Å². The van der Waals surface area contributed by atoms with Crippen LogP contribution in [0.15, 0.2) is 29.2 Å². The van der Waals surface area contributed by atoms with Crippen LogP contribution in [0.2, 0.25) is 0 Å². The van der Waals surface area contributed by atoms with Crippen LogP contribution in [-0.2, 0) is 20.8 Å². The summed E-state index contributed by atoms with van der Waals surface area (Å²) < 4.78 is 13.4. The first-order chi connectivity index (χ1) is 16.9. The number of pyridine rings is 2. The van der Waals surface area contributed by atoms with Crippen molar-refractivity contribution in [2.75, 3.05) is 33.4 Å². The van der Waals surface area contributed by atoms with Crippen LogP contribution in [0.25, 0.3) is 16.7 Å². The van der Waals surface area contributed by atoms with E-state index in [-0.39, 0.29) is 39.8 Å². The Morgan fingerprint density at radius 1 is 1.23 bits per heavy atom. The zero-order valence-electron chi connectivity index (χ0n) is 20.4. The summed E-state index contributed by atoms with van der Waals surface area (Å²) in [7, 11) is 1.60. The predicted molar refractivity (Wildman–Crippen MR) is 129 cm³/mol. The van der Waals surface area contributed by atoms with Crippen molar-refractivity contribution < 1.29 is 19.1 Å². The molecule has 0 radical (unpaired) electrons. The Hall–Kier alpha value is -3.53. The van der Waals surface area contributed by atoms with E-state index in [2.05, 4.69) is 0 Å². The molecule has 1 aliphatic rings. The highest BCUT2D eigenvalue weighted by Gasteiger charge is 2.30. The highest BCUT2D eigenvalue weighted by atomic mass is 16.5. The number of aromatic nitrogens is 3. The van der Waals surface area contributed by atoms with E-state index in [4.69, 9.17) is 19.9 Å². The van der Waals surface area contributed by atoms with Gasteiger partial charge in [-0.15, -0.1) is 0 Å². The Bertz CT molecular complexity index is 1380. The number of carbonyl (C=O) groups excluding carboxylic acids is 2. The molecule has 1 N–H and O–H groups in total. The molecule has 0 aromatic carbocycles. The van der Waals surface area contributed by atoms with E-state index in [1.54, 1.807) is 35.8 Å². The van der Waals surface area contributed by atoms with Crippen molar-refractivity contribution in [3.63, 3.8) is 0 Å². The Kier molecular flexibility index (Phi) is 7.30. The second kappa shape index (κ2) is 10.4. The maximum absolute atomic E-state index is 13.5. The zero-order chi connectivity index (χ0) is 25.1. The van der Waals surface area contributed by atoms with Crippen molar-refractivity contribution in [2.45, 2.75) is 39.7 Å². The van der Waals surface area contributed by atoms with Crippen LogP contribution in [0, 0.1) is 18.3 Å². The lowest BCUT2D eigenvalue weighted by Gasteiger charge is -2.31. The predicted octanol–water partition coefficient (Wildman–Crippen LogP) is 1.89. The molecule has 1 saturated heterocycles. The van der Waals surface area contributed by atoms with Crippen LogP contribution < -0.4 is 11.0 Å². The number of rotatable bonds is 7. The van der Waals surface area contributed by atoms with Crippen molar-refractivity contribution in [3.05, 3.63) is 51.4 Å². The van der Waals surface area contributed by atoms with Crippen LogP contribution in [0.5, 0.6) is 0 Å². The number of hydrogen-bond donors (Lipinski definition) is 1. The Morgan fingerprint density at radius 3 is 2.66 bits per heavy atom. The number of aryl methyl sites for hydroxylation is 2. The molecule has 1 fully saturated rings. The van der Waals surface area contributed by atoms with Crippen LogP contribution in [-0.4, -0.2) is 64.1 Å². The van der Waals surface area contributed by atoms with Crippen molar-refractivity contribution in [1.29, 1.82) is 5.41 Å². The smallest absolute Gasteiger partial charge is 0.309 e. The van der Waals surface area contributed by atoms with Crippen molar-refractivity contribution in [1.82, 2.24) is 18.9 Å². The van der Waals surface area contributed by atoms with Gasteiger partial charge >= 0.3 is 5.97 Å². The molecule has 10 heteroatoms. The van der Waals surface area contributed by atoms with Crippen LogP contribution in [0.3, 0.4) is 0 Å². The highest BCUT2D eigenvalue weighted by molar-refractivity contribution is 5.97. The fourth-order valence-corrected chi connectivity index (χ4v) is 4.59. The molecule has 3 aromatic rings. The molecule has 1 amide bonds. The number of nitrogens with one attached hydrogen (secondary N) is 1. The first kappa shape index (κ1) is 24.6. The zero-order valence-corrected chi connectivity index (χ0v) is 20.4. The van der Waals surface area contributed by atoms with Crippen molar-refractivity contribution in [2.24, 2.45) is 5.92 Å². The van der Waals surface area contributed by atoms with E-state index < -0.39 is 0 Å². The minimum Gasteiger partial charge on any atom is -0.466 e. The molecule has 0 atom stereocenters. The van der Waals surface area contributed by atoms with E-state index in [0.29, 0.717) is 63.4 Å². The van der Waals surface area contributed by atoms with E-state index in [0.717, 1.165) is 5.56 Å². The first-order valence-electron chi connectivity index (χ1n) is 11.9. The number of ether oxygens (including phenoxy) is 2. The van der Waals surface area contributed by atoms with Crippen LogP contribution >= 0.6 is 0 Å². The molecule has 35 heavy (non-hydrogen) atoms. The largest absolute Gasteiger partial charge is 0.466 e. The second-order valence-electron chi connectivity index (χ2n) is 8.76. The molecule has 0 bridgehead atoms. The summed E-state index contributed by atoms with van der Waals surface area (Å²) in [6.07, 6.45) is 3.27. The van der Waals surface area contributed by atoms with Gasteiger partial charge in [-0.25, -0.2) is 4.98 Å². The number of fused-ring (bicyclic) bond motifs is 2. The summed E-state index contributed by atoms with van der Waals surface area (Å²) in [4.78, 5) is 45.4. The molecular weight excluding hydrogens is 450 g/mol. The molecule has 1 aliphatic heterocycles. The van der Waals surface area contributed by atoms with E-state index in [1.165, 1.54) is 10.5 Å². The molecular formula is C25H31N5O5. The van der Waals surface area contributed by atoms with E-state index in [1.807, 2.05) is 13.0 Å². The van der Waals surface area contributed by atoms with Gasteiger partial charge in [-0.05, 0) is 50.8 Å². The number of hydrogen-bond acceptors (Lipinski definition) is 7. The molecule has 0 spiro atoms. The van der Waals surface area contributed by atoms with Crippen molar-refractivity contribution in [3.8, 4) is 0 Å². The van der Waals surface area contributed by atoms with E-state index >= 15 is 0 Å².